The van der Waals surface area contributed by atoms with Crippen LogP contribution in [0, 0.1) is 16.5 Å². The third-order valence-electron chi connectivity index (χ3n) is 4.44. The summed E-state index contributed by atoms with van der Waals surface area (Å²) in [4.78, 5) is 11.0. The van der Waals surface area contributed by atoms with Gasteiger partial charge in [0, 0.05) is 12.3 Å². The molecular weight excluding hydrogens is 314 g/mol. The Hall–Kier alpha value is -2.18. The lowest BCUT2D eigenvalue weighted by Gasteiger charge is -2.35. The summed E-state index contributed by atoms with van der Waals surface area (Å²) < 4.78 is 32.4. The van der Waals surface area contributed by atoms with Gasteiger partial charge in [0.15, 0.2) is 0 Å². The first-order valence-electron chi connectivity index (χ1n) is 7.79. The number of nitrogens with zero attached hydrogens (tertiary/aromatic N) is 1. The highest BCUT2D eigenvalue weighted by atomic mass is 19.1. The summed E-state index contributed by atoms with van der Waals surface area (Å²) in [5.74, 6) is -0.936. The van der Waals surface area contributed by atoms with E-state index in [9.17, 15) is 13.7 Å². The van der Waals surface area contributed by atoms with Crippen LogP contribution in [-0.4, -0.2) is 24.8 Å². The second-order valence-electron chi connectivity index (χ2n) is 6.02. The molecule has 1 fully saturated rings. The molecule has 24 heavy (non-hydrogen) atoms. The van der Waals surface area contributed by atoms with Gasteiger partial charge < -0.3 is 10.5 Å². The monoisotopic (exact) mass is 332 g/mol. The minimum absolute atomic E-state index is 0.222. The van der Waals surface area contributed by atoms with Gasteiger partial charge in [-0.3, -0.25) is 0 Å². The summed E-state index contributed by atoms with van der Waals surface area (Å²) in [7, 11) is 0. The Morgan fingerprint density at radius 2 is 1.50 bits per heavy atom. The fourth-order valence-corrected chi connectivity index (χ4v) is 3.14. The Kier molecular flexibility index (Phi) is 4.97. The Bertz CT molecular complexity index is 646. The highest BCUT2D eigenvalue weighted by Crippen LogP contribution is 2.35. The molecule has 3 rings (SSSR count). The van der Waals surface area contributed by atoms with Crippen molar-refractivity contribution in [2.45, 2.75) is 30.5 Å². The van der Waals surface area contributed by atoms with Crippen molar-refractivity contribution in [3.05, 3.63) is 76.2 Å². The highest BCUT2D eigenvalue weighted by molar-refractivity contribution is 5.34. The zero-order valence-electron chi connectivity index (χ0n) is 12.9. The van der Waals surface area contributed by atoms with E-state index in [2.05, 4.69) is 5.18 Å². The number of halogens is 2. The van der Waals surface area contributed by atoms with E-state index in [-0.39, 0.29) is 30.3 Å². The maximum atomic E-state index is 13.3. The molecule has 2 N–H and O–H groups in total. The number of ether oxygens (including phenoxy) is 1. The average Bonchev–Trinajstić information content (AvgIpc) is 2.60. The van der Waals surface area contributed by atoms with Crippen LogP contribution in [-0.2, 0) is 4.74 Å². The minimum atomic E-state index is -0.535. The first kappa shape index (κ1) is 16.7. The fourth-order valence-electron chi connectivity index (χ4n) is 3.14. The molecule has 2 aromatic rings. The summed E-state index contributed by atoms with van der Waals surface area (Å²) in [6.45, 7) is 0.222. The van der Waals surface area contributed by atoms with Crippen LogP contribution in [0.4, 0.5) is 8.78 Å². The molecular formula is C18H18F2N2O2. The van der Waals surface area contributed by atoms with E-state index >= 15 is 0 Å². The zero-order valence-corrected chi connectivity index (χ0v) is 12.9. The molecule has 3 unspecified atom stereocenters. The van der Waals surface area contributed by atoms with Crippen molar-refractivity contribution in [1.82, 2.24) is 0 Å². The minimum Gasteiger partial charge on any atom is -0.375 e. The van der Waals surface area contributed by atoms with Crippen LogP contribution in [0.15, 0.2) is 53.7 Å². The Labute approximate surface area is 138 Å². The van der Waals surface area contributed by atoms with E-state index in [0.29, 0.717) is 6.42 Å². The fraction of sp³-hybridized carbons (Fsp3) is 0.333. The molecule has 0 aromatic heterocycles. The number of rotatable bonds is 4. The molecule has 3 atom stereocenters. The summed E-state index contributed by atoms with van der Waals surface area (Å²) in [5.41, 5.74) is 7.50. The summed E-state index contributed by atoms with van der Waals surface area (Å²) in [6, 6.07) is 11.2. The van der Waals surface area contributed by atoms with Gasteiger partial charge in [-0.1, -0.05) is 29.4 Å². The van der Waals surface area contributed by atoms with Gasteiger partial charge in [0.2, 0.25) is 0 Å². The predicted octanol–water partition coefficient (Wildman–Crippen LogP) is 3.35. The molecule has 1 aliphatic heterocycles. The maximum absolute atomic E-state index is 13.3. The number of nitroso groups, excluding NO2 is 1. The van der Waals surface area contributed by atoms with Gasteiger partial charge in [-0.15, -0.1) is 0 Å². The van der Waals surface area contributed by atoms with Crippen LogP contribution in [0.2, 0.25) is 0 Å². The SMILES string of the molecule is NC1COC(C(c2ccc(F)cc2)c2ccc(F)cc2)CC1N=O. The molecule has 1 aliphatic rings. The molecule has 6 heteroatoms. The molecule has 0 radical (unpaired) electrons. The number of hydrogen-bond donors (Lipinski definition) is 1. The Morgan fingerprint density at radius 1 is 1.00 bits per heavy atom. The second kappa shape index (κ2) is 7.15. The zero-order chi connectivity index (χ0) is 17.1. The standard InChI is InChI=1S/C18H18F2N2O2/c19-13-5-1-11(2-6-13)18(12-3-7-14(20)8-4-12)17-9-16(22-23)15(21)10-24-17/h1-8,15-18H,9-10,21H2. The van der Waals surface area contributed by atoms with E-state index in [4.69, 9.17) is 10.5 Å². The number of nitrogens with two attached hydrogens (primary N) is 1. The van der Waals surface area contributed by atoms with Crippen molar-refractivity contribution in [1.29, 1.82) is 0 Å². The number of hydrogen-bond acceptors (Lipinski definition) is 4. The highest BCUT2D eigenvalue weighted by Gasteiger charge is 2.35. The first-order chi connectivity index (χ1) is 11.6. The molecule has 0 bridgehead atoms. The largest absolute Gasteiger partial charge is 0.375 e. The van der Waals surface area contributed by atoms with Gasteiger partial charge in [0.1, 0.15) is 17.7 Å². The molecule has 126 valence electrons. The second-order valence-corrected chi connectivity index (χ2v) is 6.02. The van der Waals surface area contributed by atoms with Crippen LogP contribution in [0.1, 0.15) is 23.5 Å². The molecule has 4 nitrogen and oxygen atoms in total. The van der Waals surface area contributed by atoms with Gasteiger partial charge in [-0.25, -0.2) is 8.78 Å². The van der Waals surface area contributed by atoms with Gasteiger partial charge in [-0.2, -0.15) is 4.91 Å². The summed E-state index contributed by atoms with van der Waals surface area (Å²) in [5, 5.41) is 3.10. The smallest absolute Gasteiger partial charge is 0.123 e. The Morgan fingerprint density at radius 3 is 1.96 bits per heavy atom. The van der Waals surface area contributed by atoms with E-state index in [1.54, 1.807) is 24.3 Å². The van der Waals surface area contributed by atoms with Gasteiger partial charge in [-0.05, 0) is 35.4 Å². The lowest BCUT2D eigenvalue weighted by molar-refractivity contribution is -0.0120. The van der Waals surface area contributed by atoms with E-state index in [1.807, 2.05) is 0 Å². The van der Waals surface area contributed by atoms with Gasteiger partial charge >= 0.3 is 0 Å². The normalized spacial score (nSPS) is 24.1. The molecule has 0 aliphatic carbocycles. The van der Waals surface area contributed by atoms with Crippen LogP contribution < -0.4 is 5.73 Å². The first-order valence-corrected chi connectivity index (χ1v) is 7.79. The van der Waals surface area contributed by atoms with Crippen LogP contribution in [0.25, 0.3) is 0 Å². The van der Waals surface area contributed by atoms with Gasteiger partial charge in [0.25, 0.3) is 0 Å². The van der Waals surface area contributed by atoms with Gasteiger partial charge in [0.05, 0.1) is 18.8 Å². The average molecular weight is 332 g/mol. The molecule has 0 saturated carbocycles. The number of benzene rings is 2. The Balaban J connectivity index is 1.97. The van der Waals surface area contributed by atoms with Crippen molar-refractivity contribution < 1.29 is 13.5 Å². The third-order valence-corrected chi connectivity index (χ3v) is 4.44. The van der Waals surface area contributed by atoms with Crippen LogP contribution >= 0.6 is 0 Å². The lowest BCUT2D eigenvalue weighted by atomic mass is 9.82. The molecule has 2 aromatic carbocycles. The molecule has 1 saturated heterocycles. The van der Waals surface area contributed by atoms with Crippen molar-refractivity contribution >= 4 is 0 Å². The maximum Gasteiger partial charge on any atom is 0.123 e. The van der Waals surface area contributed by atoms with Crippen molar-refractivity contribution in [2.75, 3.05) is 6.61 Å². The van der Waals surface area contributed by atoms with E-state index < -0.39 is 12.1 Å². The predicted molar refractivity (Wildman–Crippen MR) is 86.6 cm³/mol. The van der Waals surface area contributed by atoms with Crippen molar-refractivity contribution in [3.8, 4) is 0 Å². The summed E-state index contributed by atoms with van der Waals surface area (Å²) in [6.07, 6.45) is 0.0211. The van der Waals surface area contributed by atoms with Crippen LogP contribution in [0.5, 0.6) is 0 Å². The molecule has 1 heterocycles. The third kappa shape index (κ3) is 3.49. The summed E-state index contributed by atoms with van der Waals surface area (Å²) >= 11 is 0. The topological polar surface area (TPSA) is 64.7 Å². The molecule has 0 spiro atoms. The van der Waals surface area contributed by atoms with Crippen molar-refractivity contribution in [3.63, 3.8) is 0 Å². The molecule has 0 amide bonds. The lowest BCUT2D eigenvalue weighted by Crippen LogP contribution is -2.47. The quantitative estimate of drug-likeness (QED) is 0.873. The van der Waals surface area contributed by atoms with Crippen molar-refractivity contribution in [2.24, 2.45) is 10.9 Å². The van der Waals surface area contributed by atoms with E-state index in [0.717, 1.165) is 11.1 Å². The van der Waals surface area contributed by atoms with E-state index in [1.165, 1.54) is 24.3 Å². The van der Waals surface area contributed by atoms with Crippen LogP contribution in [0.3, 0.4) is 0 Å².